The summed E-state index contributed by atoms with van der Waals surface area (Å²) in [7, 11) is 0. The Hall–Kier alpha value is -0.240. The Morgan fingerprint density at radius 2 is 1.85 bits per heavy atom. The van der Waals surface area contributed by atoms with Crippen LogP contribution in [0.2, 0.25) is 0 Å². The SMILES string of the molecule is CC(C)CC(=O)NC(C)CC(C)Cl. The molecule has 0 aromatic heterocycles. The number of carbonyl (C=O) groups excluding carboxylic acids is 1. The van der Waals surface area contributed by atoms with E-state index in [2.05, 4.69) is 5.32 Å². The molecule has 13 heavy (non-hydrogen) atoms. The lowest BCUT2D eigenvalue weighted by Gasteiger charge is -2.15. The molecule has 0 spiro atoms. The first kappa shape index (κ1) is 12.8. The van der Waals surface area contributed by atoms with E-state index in [9.17, 15) is 4.79 Å². The lowest BCUT2D eigenvalue weighted by atomic mass is 10.1. The van der Waals surface area contributed by atoms with Gasteiger partial charge in [0.1, 0.15) is 0 Å². The van der Waals surface area contributed by atoms with Crippen molar-refractivity contribution in [3.05, 3.63) is 0 Å². The molecule has 1 N–H and O–H groups in total. The Bertz CT molecular complexity index is 157. The molecule has 0 rings (SSSR count). The predicted octanol–water partition coefficient (Wildman–Crippen LogP) is 2.55. The maximum absolute atomic E-state index is 11.3. The molecular formula is C10H20ClNO. The van der Waals surface area contributed by atoms with Crippen LogP contribution in [0.25, 0.3) is 0 Å². The molecule has 2 atom stereocenters. The van der Waals surface area contributed by atoms with Gasteiger partial charge < -0.3 is 5.32 Å². The van der Waals surface area contributed by atoms with Gasteiger partial charge in [-0.05, 0) is 26.2 Å². The molecule has 0 saturated heterocycles. The summed E-state index contributed by atoms with van der Waals surface area (Å²) in [6, 6.07) is 0.179. The van der Waals surface area contributed by atoms with E-state index in [1.54, 1.807) is 0 Å². The van der Waals surface area contributed by atoms with Gasteiger partial charge >= 0.3 is 0 Å². The zero-order valence-corrected chi connectivity index (χ0v) is 9.69. The normalized spacial score (nSPS) is 15.5. The van der Waals surface area contributed by atoms with Crippen molar-refractivity contribution in [2.45, 2.75) is 52.0 Å². The number of halogens is 1. The Morgan fingerprint density at radius 3 is 2.23 bits per heavy atom. The number of nitrogens with one attached hydrogen (secondary N) is 1. The fraction of sp³-hybridized carbons (Fsp3) is 0.900. The van der Waals surface area contributed by atoms with Gasteiger partial charge in [-0.25, -0.2) is 0 Å². The van der Waals surface area contributed by atoms with Crippen LogP contribution in [-0.2, 0) is 4.79 Å². The van der Waals surface area contributed by atoms with Crippen molar-refractivity contribution in [1.82, 2.24) is 5.32 Å². The Labute approximate surface area is 86.0 Å². The number of rotatable bonds is 5. The van der Waals surface area contributed by atoms with E-state index in [1.807, 2.05) is 27.7 Å². The van der Waals surface area contributed by atoms with E-state index in [0.717, 1.165) is 6.42 Å². The number of hydrogen-bond acceptors (Lipinski definition) is 1. The molecule has 0 aliphatic rings. The lowest BCUT2D eigenvalue weighted by molar-refractivity contribution is -0.122. The van der Waals surface area contributed by atoms with Crippen LogP contribution in [-0.4, -0.2) is 17.3 Å². The highest BCUT2D eigenvalue weighted by atomic mass is 35.5. The molecule has 0 aromatic rings. The molecule has 0 heterocycles. The van der Waals surface area contributed by atoms with Gasteiger partial charge in [-0.2, -0.15) is 0 Å². The van der Waals surface area contributed by atoms with Crippen molar-refractivity contribution in [3.8, 4) is 0 Å². The summed E-state index contributed by atoms with van der Waals surface area (Å²) in [6.45, 7) is 7.99. The van der Waals surface area contributed by atoms with E-state index in [1.165, 1.54) is 0 Å². The summed E-state index contributed by atoms with van der Waals surface area (Å²) in [4.78, 5) is 11.3. The van der Waals surface area contributed by atoms with Crippen LogP contribution in [0.5, 0.6) is 0 Å². The van der Waals surface area contributed by atoms with Crippen LogP contribution < -0.4 is 5.32 Å². The Balaban J connectivity index is 3.65. The molecule has 0 fully saturated rings. The molecule has 2 unspecified atom stereocenters. The maximum Gasteiger partial charge on any atom is 0.220 e. The van der Waals surface area contributed by atoms with Gasteiger partial charge in [0.05, 0.1) is 0 Å². The molecule has 3 heteroatoms. The molecular weight excluding hydrogens is 186 g/mol. The van der Waals surface area contributed by atoms with E-state index in [-0.39, 0.29) is 17.3 Å². The van der Waals surface area contributed by atoms with Crippen LogP contribution in [0, 0.1) is 5.92 Å². The molecule has 0 radical (unpaired) electrons. The zero-order valence-electron chi connectivity index (χ0n) is 8.93. The molecule has 0 aliphatic carbocycles. The molecule has 1 amide bonds. The summed E-state index contributed by atoms with van der Waals surface area (Å²) < 4.78 is 0. The van der Waals surface area contributed by atoms with Crippen molar-refractivity contribution >= 4 is 17.5 Å². The second kappa shape index (κ2) is 6.25. The van der Waals surface area contributed by atoms with E-state index in [0.29, 0.717) is 12.3 Å². The lowest BCUT2D eigenvalue weighted by Crippen LogP contribution is -2.34. The first-order valence-electron chi connectivity index (χ1n) is 4.85. The summed E-state index contributed by atoms with van der Waals surface area (Å²) in [5.41, 5.74) is 0. The third kappa shape index (κ3) is 8.10. The highest BCUT2D eigenvalue weighted by molar-refractivity contribution is 6.20. The van der Waals surface area contributed by atoms with E-state index >= 15 is 0 Å². The summed E-state index contributed by atoms with van der Waals surface area (Å²) in [6.07, 6.45) is 1.42. The minimum atomic E-state index is 0.120. The van der Waals surface area contributed by atoms with Gasteiger partial charge in [0.25, 0.3) is 0 Å². The highest BCUT2D eigenvalue weighted by Gasteiger charge is 2.10. The second-order valence-electron chi connectivity index (χ2n) is 4.08. The van der Waals surface area contributed by atoms with Crippen LogP contribution in [0.15, 0.2) is 0 Å². The fourth-order valence-corrected chi connectivity index (χ4v) is 1.52. The monoisotopic (exact) mass is 205 g/mol. The van der Waals surface area contributed by atoms with Crippen LogP contribution >= 0.6 is 11.6 Å². The Morgan fingerprint density at radius 1 is 1.31 bits per heavy atom. The first-order chi connectivity index (χ1) is 5.91. The van der Waals surface area contributed by atoms with Gasteiger partial charge in [-0.1, -0.05) is 13.8 Å². The predicted molar refractivity (Wildman–Crippen MR) is 57.0 cm³/mol. The molecule has 2 nitrogen and oxygen atoms in total. The maximum atomic E-state index is 11.3. The Kier molecular flexibility index (Phi) is 6.13. The molecule has 0 saturated carbocycles. The average molecular weight is 206 g/mol. The van der Waals surface area contributed by atoms with Crippen LogP contribution in [0.1, 0.15) is 40.5 Å². The smallest absolute Gasteiger partial charge is 0.220 e. The second-order valence-corrected chi connectivity index (χ2v) is 4.83. The average Bonchev–Trinajstić information content (AvgIpc) is 1.80. The van der Waals surface area contributed by atoms with E-state index < -0.39 is 0 Å². The van der Waals surface area contributed by atoms with Gasteiger partial charge in [-0.3, -0.25) is 4.79 Å². The topological polar surface area (TPSA) is 29.1 Å². The largest absolute Gasteiger partial charge is 0.354 e. The molecule has 0 aromatic carbocycles. The summed E-state index contributed by atoms with van der Waals surface area (Å²) in [5, 5.41) is 3.04. The van der Waals surface area contributed by atoms with Crippen molar-refractivity contribution < 1.29 is 4.79 Å². The quantitative estimate of drug-likeness (QED) is 0.687. The highest BCUT2D eigenvalue weighted by Crippen LogP contribution is 2.05. The fourth-order valence-electron chi connectivity index (χ4n) is 1.25. The van der Waals surface area contributed by atoms with Gasteiger partial charge in [0.2, 0.25) is 5.91 Å². The number of alkyl halides is 1. The third-order valence-electron chi connectivity index (χ3n) is 1.68. The first-order valence-corrected chi connectivity index (χ1v) is 5.29. The molecule has 78 valence electrons. The number of carbonyl (C=O) groups is 1. The van der Waals surface area contributed by atoms with Crippen molar-refractivity contribution in [2.75, 3.05) is 0 Å². The third-order valence-corrected chi connectivity index (χ3v) is 1.86. The molecule has 0 aliphatic heterocycles. The summed E-state index contributed by atoms with van der Waals surface area (Å²) >= 11 is 5.81. The standard InChI is InChI=1S/C10H20ClNO/c1-7(2)5-10(13)12-9(4)6-8(3)11/h7-9H,5-6H2,1-4H3,(H,12,13). The van der Waals surface area contributed by atoms with Crippen molar-refractivity contribution in [1.29, 1.82) is 0 Å². The minimum absolute atomic E-state index is 0.120. The summed E-state index contributed by atoms with van der Waals surface area (Å²) in [5.74, 6) is 0.542. The van der Waals surface area contributed by atoms with Gasteiger partial charge in [-0.15, -0.1) is 11.6 Å². The van der Waals surface area contributed by atoms with Crippen molar-refractivity contribution in [3.63, 3.8) is 0 Å². The van der Waals surface area contributed by atoms with Crippen LogP contribution in [0.4, 0.5) is 0 Å². The number of amides is 1. The van der Waals surface area contributed by atoms with Gasteiger partial charge in [0, 0.05) is 17.8 Å². The van der Waals surface area contributed by atoms with E-state index in [4.69, 9.17) is 11.6 Å². The van der Waals surface area contributed by atoms with Crippen LogP contribution in [0.3, 0.4) is 0 Å². The van der Waals surface area contributed by atoms with Gasteiger partial charge in [0.15, 0.2) is 0 Å². The number of hydrogen-bond donors (Lipinski definition) is 1. The van der Waals surface area contributed by atoms with Crippen molar-refractivity contribution in [2.24, 2.45) is 5.92 Å². The zero-order chi connectivity index (χ0) is 10.4. The minimum Gasteiger partial charge on any atom is -0.354 e. The molecule has 0 bridgehead atoms.